The van der Waals surface area contributed by atoms with Crippen molar-refractivity contribution in [3.8, 4) is 0 Å². The molecule has 3 aromatic heterocycles. The van der Waals surface area contributed by atoms with Crippen LogP contribution in [0.5, 0.6) is 0 Å². The maximum Gasteiger partial charge on any atom is 0.227 e. The number of anilines is 2. The summed E-state index contributed by atoms with van der Waals surface area (Å²) in [6, 6.07) is 4.00. The summed E-state index contributed by atoms with van der Waals surface area (Å²) in [5.41, 5.74) is 0.855. The molecule has 1 N–H and O–H groups in total. The van der Waals surface area contributed by atoms with E-state index in [1.165, 1.54) is 11.3 Å². The first-order chi connectivity index (χ1) is 12.3. The summed E-state index contributed by atoms with van der Waals surface area (Å²) in [7, 11) is 0. The van der Waals surface area contributed by atoms with Crippen LogP contribution >= 0.6 is 11.3 Å². The van der Waals surface area contributed by atoms with Crippen LogP contribution in [0.2, 0.25) is 0 Å². The second-order valence-corrected chi connectivity index (χ2v) is 6.78. The van der Waals surface area contributed by atoms with Crippen molar-refractivity contribution in [1.29, 1.82) is 0 Å². The molecule has 25 heavy (non-hydrogen) atoms. The first kappa shape index (κ1) is 16.0. The SMILES string of the molecule is O=C(CCN1CCN(c2ccc3nccn3n2)CC1)Nc1nccs1. The van der Waals surface area contributed by atoms with E-state index < -0.39 is 0 Å². The molecule has 8 nitrogen and oxygen atoms in total. The molecule has 1 saturated heterocycles. The van der Waals surface area contributed by atoms with Gasteiger partial charge < -0.3 is 10.2 Å². The van der Waals surface area contributed by atoms with Crippen LogP contribution in [0.25, 0.3) is 5.65 Å². The Morgan fingerprint density at radius 3 is 2.84 bits per heavy atom. The minimum atomic E-state index is 0.0182. The number of thiazole rings is 1. The zero-order valence-corrected chi connectivity index (χ0v) is 14.5. The molecule has 0 radical (unpaired) electrons. The number of aromatic nitrogens is 4. The van der Waals surface area contributed by atoms with Gasteiger partial charge in [0.25, 0.3) is 0 Å². The number of rotatable bonds is 5. The highest BCUT2D eigenvalue weighted by atomic mass is 32.1. The molecule has 1 amide bonds. The smallest absolute Gasteiger partial charge is 0.227 e. The molecule has 0 spiro atoms. The van der Waals surface area contributed by atoms with Crippen LogP contribution < -0.4 is 10.2 Å². The molecule has 1 aliphatic heterocycles. The van der Waals surface area contributed by atoms with Crippen molar-refractivity contribution in [2.45, 2.75) is 6.42 Å². The first-order valence-corrected chi connectivity index (χ1v) is 9.13. The first-order valence-electron chi connectivity index (χ1n) is 8.25. The largest absolute Gasteiger partial charge is 0.353 e. The number of imidazole rings is 1. The molecule has 4 heterocycles. The third-order valence-corrected chi connectivity index (χ3v) is 4.96. The van der Waals surface area contributed by atoms with Crippen LogP contribution in [0.1, 0.15) is 6.42 Å². The van der Waals surface area contributed by atoms with E-state index in [4.69, 9.17) is 0 Å². The maximum atomic E-state index is 11.9. The fraction of sp³-hybridized carbons (Fsp3) is 0.375. The molecule has 1 fully saturated rings. The highest BCUT2D eigenvalue weighted by Crippen LogP contribution is 2.15. The molecule has 0 bridgehead atoms. The summed E-state index contributed by atoms with van der Waals surface area (Å²) in [5, 5.41) is 9.93. The molecule has 130 valence electrons. The van der Waals surface area contributed by atoms with Crippen LogP contribution in [0.4, 0.5) is 10.9 Å². The molecule has 1 aliphatic rings. The molecule has 0 aliphatic carbocycles. The normalized spacial score (nSPS) is 15.6. The molecule has 0 saturated carbocycles. The number of hydrogen-bond donors (Lipinski definition) is 1. The van der Waals surface area contributed by atoms with Crippen molar-refractivity contribution >= 4 is 33.8 Å². The second-order valence-electron chi connectivity index (χ2n) is 5.89. The number of carbonyl (C=O) groups excluding carboxylic acids is 1. The highest BCUT2D eigenvalue weighted by Gasteiger charge is 2.19. The van der Waals surface area contributed by atoms with Crippen LogP contribution in [-0.4, -0.2) is 63.1 Å². The third kappa shape index (κ3) is 3.77. The lowest BCUT2D eigenvalue weighted by Crippen LogP contribution is -2.47. The number of hydrogen-bond acceptors (Lipinski definition) is 7. The Balaban J connectivity index is 1.26. The van der Waals surface area contributed by atoms with Crippen molar-refractivity contribution < 1.29 is 4.79 Å². The van der Waals surface area contributed by atoms with Crippen LogP contribution in [0, 0.1) is 0 Å². The van der Waals surface area contributed by atoms with Gasteiger partial charge in [-0.05, 0) is 12.1 Å². The number of piperazine rings is 1. The quantitative estimate of drug-likeness (QED) is 0.742. The van der Waals surface area contributed by atoms with E-state index >= 15 is 0 Å². The average molecular weight is 357 g/mol. The monoisotopic (exact) mass is 357 g/mol. The maximum absolute atomic E-state index is 11.9. The van der Waals surface area contributed by atoms with Crippen molar-refractivity contribution in [2.75, 3.05) is 42.9 Å². The van der Waals surface area contributed by atoms with Gasteiger partial charge in [-0.3, -0.25) is 9.69 Å². The fourth-order valence-corrected chi connectivity index (χ4v) is 3.45. The lowest BCUT2D eigenvalue weighted by atomic mass is 10.2. The Bertz CT molecular complexity index is 839. The molecule has 3 aromatic rings. The van der Waals surface area contributed by atoms with E-state index in [0.29, 0.717) is 11.6 Å². The molecular formula is C16H19N7OS. The van der Waals surface area contributed by atoms with Gasteiger partial charge in [-0.25, -0.2) is 14.5 Å². The van der Waals surface area contributed by atoms with Gasteiger partial charge >= 0.3 is 0 Å². The topological polar surface area (TPSA) is 78.7 Å². The van der Waals surface area contributed by atoms with E-state index in [2.05, 4.69) is 30.2 Å². The average Bonchev–Trinajstić information content (AvgIpc) is 3.31. The van der Waals surface area contributed by atoms with E-state index in [1.54, 1.807) is 16.9 Å². The van der Waals surface area contributed by atoms with Crippen molar-refractivity contribution in [2.24, 2.45) is 0 Å². The Kier molecular flexibility index (Phi) is 4.57. The van der Waals surface area contributed by atoms with Crippen molar-refractivity contribution in [3.05, 3.63) is 36.1 Å². The summed E-state index contributed by atoms with van der Waals surface area (Å²) in [5.74, 6) is 0.983. The lowest BCUT2D eigenvalue weighted by Gasteiger charge is -2.35. The van der Waals surface area contributed by atoms with Crippen LogP contribution in [0.3, 0.4) is 0 Å². The fourth-order valence-electron chi connectivity index (χ4n) is 2.90. The zero-order valence-electron chi connectivity index (χ0n) is 13.7. The number of nitrogens with one attached hydrogen (secondary N) is 1. The summed E-state index contributed by atoms with van der Waals surface area (Å²) >= 11 is 1.44. The molecular weight excluding hydrogens is 338 g/mol. The van der Waals surface area contributed by atoms with Gasteiger partial charge in [-0.1, -0.05) is 0 Å². The number of carbonyl (C=O) groups is 1. The summed E-state index contributed by atoms with van der Waals surface area (Å²) in [6.45, 7) is 4.42. The Labute approximate surface area is 149 Å². The van der Waals surface area contributed by atoms with E-state index in [-0.39, 0.29) is 5.91 Å². The van der Waals surface area contributed by atoms with E-state index in [9.17, 15) is 4.79 Å². The summed E-state index contributed by atoms with van der Waals surface area (Å²) in [6.07, 6.45) is 5.78. The third-order valence-electron chi connectivity index (χ3n) is 4.27. The number of nitrogens with zero attached hydrogens (tertiary/aromatic N) is 6. The van der Waals surface area contributed by atoms with Gasteiger partial charge in [-0.15, -0.1) is 16.4 Å². The predicted molar refractivity (Wildman–Crippen MR) is 97.0 cm³/mol. The lowest BCUT2D eigenvalue weighted by molar-refractivity contribution is -0.116. The Morgan fingerprint density at radius 2 is 2.04 bits per heavy atom. The van der Waals surface area contributed by atoms with Crippen molar-refractivity contribution in [1.82, 2.24) is 24.5 Å². The van der Waals surface area contributed by atoms with Gasteiger partial charge in [0, 0.05) is 63.1 Å². The standard InChI is InChI=1S/C16H19N7OS/c24-15(19-16-18-5-12-25-16)3-6-21-8-10-22(11-9-21)14-2-1-13-17-4-7-23(13)20-14/h1-2,4-5,7,12H,3,6,8-11H2,(H,18,19,24). The van der Waals surface area contributed by atoms with Crippen LogP contribution in [0.15, 0.2) is 36.1 Å². The highest BCUT2D eigenvalue weighted by molar-refractivity contribution is 7.13. The van der Waals surface area contributed by atoms with Gasteiger partial charge in [0.05, 0.1) is 0 Å². The molecule has 0 unspecified atom stereocenters. The Morgan fingerprint density at radius 1 is 1.16 bits per heavy atom. The molecule has 9 heteroatoms. The van der Waals surface area contributed by atoms with Crippen molar-refractivity contribution in [3.63, 3.8) is 0 Å². The van der Waals surface area contributed by atoms with Gasteiger partial charge in [-0.2, -0.15) is 0 Å². The molecule has 4 rings (SSSR count). The van der Waals surface area contributed by atoms with Gasteiger partial charge in [0.2, 0.25) is 5.91 Å². The minimum Gasteiger partial charge on any atom is -0.353 e. The van der Waals surface area contributed by atoms with E-state index in [0.717, 1.165) is 44.2 Å². The molecule has 0 aromatic carbocycles. The van der Waals surface area contributed by atoms with Gasteiger partial charge in [0.1, 0.15) is 5.82 Å². The minimum absolute atomic E-state index is 0.0182. The predicted octanol–water partition coefficient (Wildman–Crippen LogP) is 1.34. The van der Waals surface area contributed by atoms with Crippen LogP contribution in [-0.2, 0) is 4.79 Å². The Hall–Kier alpha value is -2.52. The number of fused-ring (bicyclic) bond motifs is 1. The van der Waals surface area contributed by atoms with E-state index in [1.807, 2.05) is 23.7 Å². The second kappa shape index (κ2) is 7.16. The number of amides is 1. The van der Waals surface area contributed by atoms with Gasteiger partial charge in [0.15, 0.2) is 10.8 Å². The zero-order chi connectivity index (χ0) is 17.1. The summed E-state index contributed by atoms with van der Waals surface area (Å²) in [4.78, 5) is 24.8. The molecule has 0 atom stereocenters. The summed E-state index contributed by atoms with van der Waals surface area (Å²) < 4.78 is 1.80.